The highest BCUT2D eigenvalue weighted by molar-refractivity contribution is 5.55. The topological polar surface area (TPSA) is 61.0 Å². The Bertz CT molecular complexity index is 547. The van der Waals surface area contributed by atoms with Crippen LogP contribution in [0.5, 0.6) is 11.6 Å². The molecule has 0 atom stereocenters. The Morgan fingerprint density at radius 1 is 1.17 bits per heavy atom. The molecular formula is C14H17N3O. The van der Waals surface area contributed by atoms with Crippen molar-refractivity contribution in [2.75, 3.05) is 5.73 Å². The van der Waals surface area contributed by atoms with Crippen LogP contribution in [-0.4, -0.2) is 9.97 Å². The molecule has 0 aliphatic rings. The van der Waals surface area contributed by atoms with Gasteiger partial charge in [0.05, 0.1) is 5.69 Å². The molecule has 2 N–H and O–H groups in total. The normalized spacial score (nSPS) is 10.4. The van der Waals surface area contributed by atoms with Crippen LogP contribution in [0.15, 0.2) is 24.3 Å². The van der Waals surface area contributed by atoms with Crippen LogP contribution in [0.2, 0.25) is 0 Å². The molecule has 0 fully saturated rings. The van der Waals surface area contributed by atoms with E-state index in [1.807, 2.05) is 32.0 Å². The fourth-order valence-corrected chi connectivity index (χ4v) is 1.76. The molecule has 1 aromatic heterocycles. The lowest BCUT2D eigenvalue weighted by atomic mass is 10.1. The van der Waals surface area contributed by atoms with Crippen molar-refractivity contribution >= 4 is 5.69 Å². The predicted molar refractivity (Wildman–Crippen MR) is 71.8 cm³/mol. The van der Waals surface area contributed by atoms with Crippen LogP contribution in [0.1, 0.15) is 24.0 Å². The van der Waals surface area contributed by atoms with E-state index in [1.165, 1.54) is 5.56 Å². The van der Waals surface area contributed by atoms with Crippen LogP contribution in [0.3, 0.4) is 0 Å². The number of benzene rings is 1. The average Bonchev–Trinajstić information content (AvgIpc) is 2.30. The molecule has 4 heteroatoms. The fourth-order valence-electron chi connectivity index (χ4n) is 1.76. The van der Waals surface area contributed by atoms with Gasteiger partial charge in [-0.3, -0.25) is 0 Å². The van der Waals surface area contributed by atoms with Crippen molar-refractivity contribution in [2.24, 2.45) is 0 Å². The Kier molecular flexibility index (Phi) is 3.46. The van der Waals surface area contributed by atoms with Gasteiger partial charge in [-0.1, -0.05) is 13.0 Å². The van der Waals surface area contributed by atoms with Crippen molar-refractivity contribution in [2.45, 2.75) is 27.2 Å². The quantitative estimate of drug-likeness (QED) is 0.842. The molecule has 1 heterocycles. The molecule has 0 radical (unpaired) electrons. The van der Waals surface area contributed by atoms with E-state index < -0.39 is 0 Å². The van der Waals surface area contributed by atoms with Crippen molar-refractivity contribution in [1.82, 2.24) is 9.97 Å². The summed E-state index contributed by atoms with van der Waals surface area (Å²) in [7, 11) is 0. The molecule has 0 amide bonds. The summed E-state index contributed by atoms with van der Waals surface area (Å²) in [6.07, 6.45) is 0.955. The van der Waals surface area contributed by atoms with Crippen LogP contribution in [0.25, 0.3) is 0 Å². The standard InChI is InChI=1S/C14H17N3O/c1-4-11-5-6-13(12(15)8-11)18-14-7-9(2)16-10(3)17-14/h5-8H,4,15H2,1-3H3. The number of nitrogens with zero attached hydrogens (tertiary/aromatic N) is 2. The molecule has 94 valence electrons. The monoisotopic (exact) mass is 243 g/mol. The zero-order chi connectivity index (χ0) is 13.1. The number of hydrogen-bond donors (Lipinski definition) is 1. The molecule has 0 saturated carbocycles. The van der Waals surface area contributed by atoms with Gasteiger partial charge < -0.3 is 10.5 Å². The van der Waals surface area contributed by atoms with Gasteiger partial charge in [0.25, 0.3) is 0 Å². The van der Waals surface area contributed by atoms with Crippen LogP contribution in [0.4, 0.5) is 5.69 Å². The summed E-state index contributed by atoms with van der Waals surface area (Å²) in [4.78, 5) is 8.43. The molecule has 2 rings (SSSR count). The van der Waals surface area contributed by atoms with Crippen LogP contribution in [0, 0.1) is 13.8 Å². The van der Waals surface area contributed by atoms with Gasteiger partial charge in [0.15, 0.2) is 5.75 Å². The minimum absolute atomic E-state index is 0.524. The highest BCUT2D eigenvalue weighted by atomic mass is 16.5. The molecule has 0 saturated heterocycles. The summed E-state index contributed by atoms with van der Waals surface area (Å²) in [6, 6.07) is 7.60. The first-order valence-electron chi connectivity index (χ1n) is 5.97. The largest absolute Gasteiger partial charge is 0.437 e. The van der Waals surface area contributed by atoms with Crippen molar-refractivity contribution in [1.29, 1.82) is 0 Å². The molecule has 0 spiro atoms. The van der Waals surface area contributed by atoms with Gasteiger partial charge in [-0.15, -0.1) is 0 Å². The van der Waals surface area contributed by atoms with Crippen molar-refractivity contribution < 1.29 is 4.74 Å². The smallest absolute Gasteiger partial charge is 0.222 e. The lowest BCUT2D eigenvalue weighted by Gasteiger charge is -2.09. The molecule has 18 heavy (non-hydrogen) atoms. The number of aromatic nitrogens is 2. The number of nitrogens with two attached hydrogens (primary N) is 1. The third-order valence-electron chi connectivity index (χ3n) is 2.64. The SMILES string of the molecule is CCc1ccc(Oc2cc(C)nc(C)n2)c(N)c1. The minimum atomic E-state index is 0.524. The number of hydrogen-bond acceptors (Lipinski definition) is 4. The number of anilines is 1. The van der Waals surface area contributed by atoms with Gasteiger partial charge in [-0.05, 0) is 38.0 Å². The predicted octanol–water partition coefficient (Wildman–Crippen LogP) is 3.03. The van der Waals surface area contributed by atoms with E-state index in [0.717, 1.165) is 12.1 Å². The molecule has 4 nitrogen and oxygen atoms in total. The van der Waals surface area contributed by atoms with Crippen molar-refractivity contribution in [3.05, 3.63) is 41.3 Å². The minimum Gasteiger partial charge on any atom is -0.437 e. The molecule has 0 aliphatic heterocycles. The highest BCUT2D eigenvalue weighted by Crippen LogP contribution is 2.27. The molecule has 2 aromatic rings. The first-order chi connectivity index (χ1) is 8.58. The molecular weight excluding hydrogens is 226 g/mol. The zero-order valence-corrected chi connectivity index (χ0v) is 10.9. The van der Waals surface area contributed by atoms with E-state index in [2.05, 4.69) is 16.9 Å². The number of rotatable bonds is 3. The van der Waals surface area contributed by atoms with Gasteiger partial charge in [-0.25, -0.2) is 4.98 Å². The molecule has 1 aromatic carbocycles. The maximum Gasteiger partial charge on any atom is 0.222 e. The maximum atomic E-state index is 5.95. The molecule has 0 unspecified atom stereocenters. The van der Waals surface area contributed by atoms with E-state index in [4.69, 9.17) is 10.5 Å². The van der Waals surface area contributed by atoms with Crippen LogP contribution >= 0.6 is 0 Å². The van der Waals surface area contributed by atoms with Gasteiger partial charge >= 0.3 is 0 Å². The van der Waals surface area contributed by atoms with Gasteiger partial charge in [0.1, 0.15) is 5.82 Å². The fraction of sp³-hybridized carbons (Fsp3) is 0.286. The average molecular weight is 243 g/mol. The number of aryl methyl sites for hydroxylation is 3. The van der Waals surface area contributed by atoms with E-state index in [0.29, 0.717) is 23.1 Å². The highest BCUT2D eigenvalue weighted by Gasteiger charge is 2.05. The van der Waals surface area contributed by atoms with E-state index in [1.54, 1.807) is 6.07 Å². The molecule has 0 aliphatic carbocycles. The summed E-state index contributed by atoms with van der Waals surface area (Å²) >= 11 is 0. The maximum absolute atomic E-state index is 5.95. The first kappa shape index (κ1) is 12.4. The molecule has 0 bridgehead atoms. The Labute approximate surface area is 107 Å². The lowest BCUT2D eigenvalue weighted by Crippen LogP contribution is -1.98. The van der Waals surface area contributed by atoms with Crippen molar-refractivity contribution in [3.63, 3.8) is 0 Å². The van der Waals surface area contributed by atoms with Gasteiger partial charge in [0.2, 0.25) is 5.88 Å². The second-order valence-electron chi connectivity index (χ2n) is 4.22. The van der Waals surface area contributed by atoms with Crippen LogP contribution < -0.4 is 10.5 Å². The summed E-state index contributed by atoms with van der Waals surface area (Å²) < 4.78 is 5.69. The summed E-state index contributed by atoms with van der Waals surface area (Å²) in [5, 5.41) is 0. The number of nitrogen functional groups attached to an aromatic ring is 1. The summed E-state index contributed by atoms with van der Waals surface area (Å²) in [5.74, 6) is 1.84. The first-order valence-corrected chi connectivity index (χ1v) is 5.97. The van der Waals surface area contributed by atoms with Crippen molar-refractivity contribution in [3.8, 4) is 11.6 Å². The van der Waals surface area contributed by atoms with E-state index in [9.17, 15) is 0 Å². The Morgan fingerprint density at radius 3 is 2.56 bits per heavy atom. The zero-order valence-electron chi connectivity index (χ0n) is 10.9. The van der Waals surface area contributed by atoms with E-state index >= 15 is 0 Å². The summed E-state index contributed by atoms with van der Waals surface area (Å²) in [6.45, 7) is 5.83. The Hall–Kier alpha value is -2.10. The van der Waals surface area contributed by atoms with Gasteiger partial charge in [0, 0.05) is 11.8 Å². The van der Waals surface area contributed by atoms with E-state index in [-0.39, 0.29) is 0 Å². The number of ether oxygens (including phenoxy) is 1. The lowest BCUT2D eigenvalue weighted by molar-refractivity contribution is 0.461. The second-order valence-corrected chi connectivity index (χ2v) is 4.22. The second kappa shape index (κ2) is 5.04. The third kappa shape index (κ3) is 2.77. The third-order valence-corrected chi connectivity index (χ3v) is 2.64. The Morgan fingerprint density at radius 2 is 1.94 bits per heavy atom. The summed E-state index contributed by atoms with van der Waals surface area (Å²) in [5.41, 5.74) is 8.65. The van der Waals surface area contributed by atoms with Crippen LogP contribution in [-0.2, 0) is 6.42 Å². The van der Waals surface area contributed by atoms with Gasteiger partial charge in [-0.2, -0.15) is 4.98 Å². The Balaban J connectivity index is 2.28.